The maximum atomic E-state index is 12.5. The Hall–Kier alpha value is -5.64. The number of nitrogens with zero attached hydrogens (tertiary/aromatic N) is 8. The summed E-state index contributed by atoms with van der Waals surface area (Å²) >= 11 is 0. The molecule has 0 aromatic heterocycles. The van der Waals surface area contributed by atoms with E-state index in [9.17, 15) is 70.8 Å². The minimum Gasteiger partial charge on any atom is -0.312 e. The molecule has 2 rings (SSSR count). The molecule has 0 heterocycles. The van der Waals surface area contributed by atoms with E-state index in [4.69, 9.17) is 0 Å². The van der Waals surface area contributed by atoms with Crippen LogP contribution < -0.4 is 4.90 Å². The van der Waals surface area contributed by atoms with Gasteiger partial charge in [-0.25, -0.2) is 0 Å². The zero-order valence-corrected chi connectivity index (χ0v) is 17.7. The molecule has 0 spiro atoms. The second kappa shape index (κ2) is 9.55. The lowest BCUT2D eigenvalue weighted by molar-refractivity contribution is -0.975. The molecule has 0 N–H and O–H groups in total. The van der Waals surface area contributed by atoms with Crippen molar-refractivity contribution in [3.8, 4) is 0 Å². The highest BCUT2D eigenvalue weighted by atomic mass is 16.9. The zero-order valence-electron chi connectivity index (χ0n) is 17.7. The largest absolute Gasteiger partial charge is 0.695 e. The smallest absolute Gasteiger partial charge is 0.312 e. The molecule has 0 saturated heterocycles. The molecular formula is C14H12N8O15. The zero-order chi connectivity index (χ0) is 28.3. The average molecular weight is 532 g/mol. The van der Waals surface area contributed by atoms with Crippen molar-refractivity contribution in [3.63, 3.8) is 0 Å². The van der Waals surface area contributed by atoms with E-state index >= 15 is 0 Å². The van der Waals surface area contributed by atoms with Gasteiger partial charge in [0.2, 0.25) is 0 Å². The van der Waals surface area contributed by atoms with Crippen LogP contribution in [0.3, 0.4) is 0 Å². The second-order valence-electron chi connectivity index (χ2n) is 7.04. The van der Waals surface area contributed by atoms with E-state index in [2.05, 4.69) is 4.84 Å². The SMILES string of the molecule is O=[N+]([O-])OCCN(c1ccccc1)C1([N+](=O)[O-])C=CC([N+](=O)[O-])C([N+](=O)[O-])([N+](=O)[O-])C1([N+](=O)[O-])[N+](=O)[O-]. The lowest BCUT2D eigenvalue weighted by Crippen LogP contribution is -2.89. The van der Waals surface area contributed by atoms with E-state index in [0.29, 0.717) is 0 Å². The van der Waals surface area contributed by atoms with Crippen LogP contribution in [0.5, 0.6) is 0 Å². The Bertz CT molecular complexity index is 1180. The third kappa shape index (κ3) is 3.60. The maximum absolute atomic E-state index is 12.5. The third-order valence-electron chi connectivity index (χ3n) is 5.53. The molecular weight excluding hydrogens is 520 g/mol. The fourth-order valence-electron chi connectivity index (χ4n) is 4.19. The topological polar surface area (TPSA) is 314 Å². The van der Waals surface area contributed by atoms with Crippen LogP contribution in [0.25, 0.3) is 0 Å². The summed E-state index contributed by atoms with van der Waals surface area (Å²) in [4.78, 5) is 74.9. The molecule has 1 aromatic carbocycles. The van der Waals surface area contributed by atoms with Crippen molar-refractivity contribution in [1.29, 1.82) is 0 Å². The van der Waals surface area contributed by atoms with Gasteiger partial charge in [-0.1, -0.05) is 18.2 Å². The van der Waals surface area contributed by atoms with Crippen LogP contribution in [0, 0.1) is 70.8 Å². The van der Waals surface area contributed by atoms with Crippen molar-refractivity contribution in [3.05, 3.63) is 113 Å². The Labute approximate surface area is 200 Å². The number of rotatable bonds is 12. The summed E-state index contributed by atoms with van der Waals surface area (Å²) in [6.45, 7) is -2.42. The number of benzene rings is 1. The first-order valence-corrected chi connectivity index (χ1v) is 9.32. The minimum atomic E-state index is -5.24. The van der Waals surface area contributed by atoms with E-state index in [1.54, 1.807) is 0 Å². The van der Waals surface area contributed by atoms with Gasteiger partial charge in [0.25, 0.3) is 5.09 Å². The lowest BCUT2D eigenvalue weighted by atomic mass is 9.71. The molecule has 1 aliphatic carbocycles. The van der Waals surface area contributed by atoms with Gasteiger partial charge in [0.05, 0.1) is 4.92 Å². The van der Waals surface area contributed by atoms with E-state index in [-0.39, 0.29) is 17.1 Å². The van der Waals surface area contributed by atoms with Crippen molar-refractivity contribution in [2.45, 2.75) is 23.0 Å². The van der Waals surface area contributed by atoms with Gasteiger partial charge >= 0.3 is 23.0 Å². The molecule has 2 atom stereocenters. The van der Waals surface area contributed by atoms with Gasteiger partial charge in [0.1, 0.15) is 26.3 Å². The summed E-state index contributed by atoms with van der Waals surface area (Å²) in [5.74, 6) is 0. The molecule has 0 amide bonds. The van der Waals surface area contributed by atoms with E-state index in [1.807, 2.05) is 0 Å². The first-order valence-electron chi connectivity index (χ1n) is 9.32. The lowest BCUT2D eigenvalue weighted by Gasteiger charge is -2.40. The second-order valence-corrected chi connectivity index (χ2v) is 7.04. The minimum absolute atomic E-state index is 0.0521. The highest BCUT2D eigenvalue weighted by molar-refractivity contribution is 5.52. The molecule has 0 saturated carbocycles. The quantitative estimate of drug-likeness (QED) is 0.140. The van der Waals surface area contributed by atoms with Crippen LogP contribution in [-0.2, 0) is 4.84 Å². The standard InChI is InChI=1S/C14H12N8O15/c23-16(24)11-6-7-12(17(25)26,15(8-9-37-22(35)36)10-4-2-1-3-5-10)14(20(31)32,21(33)34)13(11,18(27)28)19(29)30/h1-7,11H,8-9H2. The fourth-order valence-corrected chi connectivity index (χ4v) is 4.19. The summed E-state index contributed by atoms with van der Waals surface area (Å²) in [5.41, 5.74) is -15.2. The van der Waals surface area contributed by atoms with Gasteiger partial charge in [-0.15, -0.1) is 10.1 Å². The van der Waals surface area contributed by atoms with Crippen molar-refractivity contribution in [1.82, 2.24) is 0 Å². The molecule has 0 bridgehead atoms. The van der Waals surface area contributed by atoms with Crippen molar-refractivity contribution in [2.75, 3.05) is 18.1 Å². The number of hydrogen-bond donors (Lipinski definition) is 0. The van der Waals surface area contributed by atoms with E-state index in [1.165, 1.54) is 6.07 Å². The molecule has 0 aliphatic heterocycles. The van der Waals surface area contributed by atoms with Gasteiger partial charge in [-0.3, -0.25) is 65.6 Å². The Morgan fingerprint density at radius 2 is 1.27 bits per heavy atom. The van der Waals surface area contributed by atoms with Crippen LogP contribution in [0.15, 0.2) is 42.5 Å². The fraction of sp³-hybridized carbons (Fsp3) is 0.429. The van der Waals surface area contributed by atoms with E-state index in [0.717, 1.165) is 24.3 Å². The molecule has 1 aliphatic rings. The molecule has 1 aromatic rings. The highest BCUT2D eigenvalue weighted by Gasteiger charge is 3.10. The molecule has 198 valence electrons. The molecule has 2 unspecified atom stereocenters. The van der Waals surface area contributed by atoms with Crippen LogP contribution >= 0.6 is 0 Å². The number of hydrogen-bond acceptors (Lipinski definition) is 16. The van der Waals surface area contributed by atoms with Crippen molar-refractivity contribution in [2.24, 2.45) is 0 Å². The van der Waals surface area contributed by atoms with Gasteiger partial charge in [0.15, 0.2) is 0 Å². The Balaban J connectivity index is 3.24. The third-order valence-corrected chi connectivity index (χ3v) is 5.53. The summed E-state index contributed by atoms with van der Waals surface area (Å²) in [6, 6.07) is 1.95. The predicted octanol–water partition coefficient (Wildman–Crippen LogP) is -0.611. The molecule has 0 radical (unpaired) electrons. The summed E-state index contributed by atoms with van der Waals surface area (Å²) in [5, 5.41) is 82.3. The van der Waals surface area contributed by atoms with Crippen LogP contribution in [0.4, 0.5) is 5.69 Å². The monoisotopic (exact) mass is 532 g/mol. The van der Waals surface area contributed by atoms with Crippen molar-refractivity contribution >= 4 is 5.69 Å². The first kappa shape index (κ1) is 27.6. The summed E-state index contributed by atoms with van der Waals surface area (Å²) < 4.78 is 0. The van der Waals surface area contributed by atoms with Crippen molar-refractivity contribution < 1.29 is 39.5 Å². The van der Waals surface area contributed by atoms with Crippen LogP contribution in [0.2, 0.25) is 0 Å². The molecule has 37 heavy (non-hydrogen) atoms. The molecule has 23 heteroatoms. The number of para-hydroxylation sites is 1. The Morgan fingerprint density at radius 3 is 1.65 bits per heavy atom. The maximum Gasteiger partial charge on any atom is 0.695 e. The normalized spacial score (nSPS) is 21.2. The Morgan fingerprint density at radius 1 is 0.757 bits per heavy atom. The Kier molecular flexibility index (Phi) is 7.12. The van der Waals surface area contributed by atoms with Gasteiger partial charge in [-0.2, -0.15) is 0 Å². The van der Waals surface area contributed by atoms with E-state index < -0.39 is 76.5 Å². The first-order chi connectivity index (χ1) is 17.2. The van der Waals surface area contributed by atoms with Crippen LogP contribution in [-0.4, -0.2) is 70.8 Å². The van der Waals surface area contributed by atoms with Crippen LogP contribution in [0.1, 0.15) is 0 Å². The summed E-state index contributed by atoms with van der Waals surface area (Å²) in [6.07, 6.45) is -0.222. The average Bonchev–Trinajstić information content (AvgIpc) is 2.79. The molecule has 23 nitrogen and oxygen atoms in total. The highest BCUT2D eigenvalue weighted by Crippen LogP contribution is 2.50. The van der Waals surface area contributed by atoms with Gasteiger partial charge in [0, 0.05) is 29.3 Å². The summed E-state index contributed by atoms with van der Waals surface area (Å²) in [7, 11) is 0. The van der Waals surface area contributed by atoms with Gasteiger partial charge in [-0.05, 0) is 12.1 Å². The number of nitro groups is 6. The van der Waals surface area contributed by atoms with Gasteiger partial charge < -0.3 is 4.84 Å². The molecule has 0 fully saturated rings. The number of anilines is 1. The predicted molar refractivity (Wildman–Crippen MR) is 110 cm³/mol.